The summed E-state index contributed by atoms with van der Waals surface area (Å²) in [5.41, 5.74) is 12.4. The molecule has 0 fully saturated rings. The van der Waals surface area contributed by atoms with Crippen LogP contribution in [0.2, 0.25) is 0 Å². The topological polar surface area (TPSA) is 41.1 Å². The largest absolute Gasteiger partial charge is 0.456 e. The van der Waals surface area contributed by atoms with Crippen molar-refractivity contribution in [2.24, 2.45) is 9.98 Å². The third-order valence-electron chi connectivity index (χ3n) is 10.6. The SMILES string of the molecule is CN1C(c2ccc3c(c2)CCC=C3)=NC(c2ccc(-c3ccccc3)cc2)=NC1c1ccc2cc(-c3cccc4oc5ccccc5c34)ccc2c1. The van der Waals surface area contributed by atoms with Gasteiger partial charge in [-0.3, -0.25) is 0 Å². The fourth-order valence-electron chi connectivity index (χ4n) is 7.85. The van der Waals surface area contributed by atoms with Gasteiger partial charge in [0.15, 0.2) is 12.0 Å². The number of aryl methyl sites for hydroxylation is 1. The van der Waals surface area contributed by atoms with Crippen LogP contribution in [0.25, 0.3) is 61.0 Å². The van der Waals surface area contributed by atoms with E-state index in [1.54, 1.807) is 0 Å². The van der Waals surface area contributed by atoms with Gasteiger partial charge in [0.05, 0.1) is 0 Å². The molecule has 1 aliphatic carbocycles. The van der Waals surface area contributed by atoms with Crippen molar-refractivity contribution < 1.29 is 4.42 Å². The molecule has 0 radical (unpaired) electrons. The monoisotopic (exact) mass is 669 g/mol. The van der Waals surface area contributed by atoms with Gasteiger partial charge < -0.3 is 9.32 Å². The molecule has 4 nitrogen and oxygen atoms in total. The van der Waals surface area contributed by atoms with Crippen LogP contribution in [0.5, 0.6) is 0 Å². The lowest BCUT2D eigenvalue weighted by molar-refractivity contribution is 0.383. The van der Waals surface area contributed by atoms with Crippen molar-refractivity contribution in [2.45, 2.75) is 19.0 Å². The molecule has 0 spiro atoms. The first-order chi connectivity index (χ1) is 25.7. The van der Waals surface area contributed by atoms with Gasteiger partial charge in [-0.2, -0.15) is 0 Å². The summed E-state index contributed by atoms with van der Waals surface area (Å²) >= 11 is 0. The predicted octanol–water partition coefficient (Wildman–Crippen LogP) is 11.9. The summed E-state index contributed by atoms with van der Waals surface area (Å²) in [6, 6.07) is 54.0. The Morgan fingerprint density at radius 3 is 2.25 bits per heavy atom. The molecule has 52 heavy (non-hydrogen) atoms. The highest BCUT2D eigenvalue weighted by Gasteiger charge is 2.27. The Bertz CT molecular complexity index is 2750. The Morgan fingerprint density at radius 2 is 1.35 bits per heavy atom. The highest BCUT2D eigenvalue weighted by molar-refractivity contribution is 6.14. The Morgan fingerprint density at radius 1 is 0.615 bits per heavy atom. The Balaban J connectivity index is 1.05. The minimum Gasteiger partial charge on any atom is -0.456 e. The van der Waals surface area contributed by atoms with Crippen LogP contribution < -0.4 is 0 Å². The van der Waals surface area contributed by atoms with Gasteiger partial charge in [0.25, 0.3) is 0 Å². The van der Waals surface area contributed by atoms with Crippen molar-refractivity contribution in [2.75, 3.05) is 7.05 Å². The molecule has 2 heterocycles. The molecule has 4 heteroatoms. The van der Waals surface area contributed by atoms with E-state index < -0.39 is 0 Å². The number of nitrogens with zero attached hydrogens (tertiary/aromatic N) is 3. The number of allylic oxidation sites excluding steroid dienone is 1. The van der Waals surface area contributed by atoms with Crippen molar-refractivity contribution >= 4 is 50.5 Å². The summed E-state index contributed by atoms with van der Waals surface area (Å²) < 4.78 is 6.20. The normalized spacial score (nSPS) is 15.6. The molecule has 0 saturated heterocycles. The average molecular weight is 670 g/mol. The number of hydrogen-bond donors (Lipinski definition) is 0. The van der Waals surface area contributed by atoms with Crippen molar-refractivity contribution in [1.82, 2.24) is 4.90 Å². The molecule has 1 atom stereocenters. The second-order valence-corrected chi connectivity index (χ2v) is 13.8. The zero-order chi connectivity index (χ0) is 34.6. The molecule has 10 rings (SSSR count). The van der Waals surface area contributed by atoms with Gasteiger partial charge in [-0.1, -0.05) is 133 Å². The van der Waals surface area contributed by atoms with Crippen LogP contribution >= 0.6 is 0 Å². The van der Waals surface area contributed by atoms with Crippen molar-refractivity contribution in [3.05, 3.63) is 186 Å². The van der Waals surface area contributed by atoms with E-state index in [1.807, 2.05) is 18.2 Å². The quantitative estimate of drug-likeness (QED) is 0.183. The third-order valence-corrected chi connectivity index (χ3v) is 10.6. The molecule has 1 aromatic heterocycles. The van der Waals surface area contributed by atoms with E-state index in [9.17, 15) is 0 Å². The standard InChI is InChI=1S/C48H35N3O/c1-51-47(39-26-20-32-12-5-6-13-35(32)29-39)49-46(34-21-18-33(19-22-34)31-10-3-2-4-11-31)50-48(51)40-27-24-36-28-38(25-23-37(36)30-40)41-15-9-17-44-45(41)42-14-7-8-16-43(42)52-44/h2-5,7-12,14-30,48H,6,13H2,1H3. The first-order valence-electron chi connectivity index (χ1n) is 18.0. The molecule has 8 aromatic rings. The number of hydrogen-bond acceptors (Lipinski definition) is 4. The summed E-state index contributed by atoms with van der Waals surface area (Å²) in [5, 5.41) is 4.65. The molecule has 0 N–H and O–H groups in total. The van der Waals surface area contributed by atoms with E-state index >= 15 is 0 Å². The number of fused-ring (bicyclic) bond motifs is 5. The molecule has 1 aliphatic heterocycles. The van der Waals surface area contributed by atoms with E-state index in [2.05, 4.69) is 158 Å². The van der Waals surface area contributed by atoms with Crippen LogP contribution in [-0.4, -0.2) is 23.6 Å². The number of amidine groups is 2. The molecule has 0 bridgehead atoms. The van der Waals surface area contributed by atoms with E-state index in [1.165, 1.54) is 44.2 Å². The Labute approximate surface area is 302 Å². The van der Waals surface area contributed by atoms with Gasteiger partial charge in [0.1, 0.15) is 17.0 Å². The highest BCUT2D eigenvalue weighted by atomic mass is 16.3. The lowest BCUT2D eigenvalue weighted by Gasteiger charge is -2.33. The minimum atomic E-state index is -0.248. The van der Waals surface area contributed by atoms with Crippen LogP contribution in [0.1, 0.15) is 40.4 Å². The van der Waals surface area contributed by atoms with Gasteiger partial charge in [-0.05, 0) is 92.9 Å². The second kappa shape index (κ2) is 12.4. The lowest BCUT2D eigenvalue weighted by Crippen LogP contribution is -2.35. The highest BCUT2D eigenvalue weighted by Crippen LogP contribution is 2.38. The fraction of sp³-hybridized carbons (Fsp3) is 0.0833. The molecular weight excluding hydrogens is 635 g/mol. The summed E-state index contributed by atoms with van der Waals surface area (Å²) in [5.74, 6) is 1.67. The number of para-hydroxylation sites is 1. The Kier molecular flexibility index (Phi) is 7.21. The van der Waals surface area contributed by atoms with Crippen molar-refractivity contribution in [1.29, 1.82) is 0 Å². The molecule has 0 saturated carbocycles. The maximum Gasteiger partial charge on any atom is 0.159 e. The van der Waals surface area contributed by atoms with Gasteiger partial charge in [0.2, 0.25) is 0 Å². The predicted molar refractivity (Wildman–Crippen MR) is 216 cm³/mol. The summed E-state index contributed by atoms with van der Waals surface area (Å²) in [6.07, 6.45) is 6.35. The maximum absolute atomic E-state index is 6.20. The summed E-state index contributed by atoms with van der Waals surface area (Å²) in [4.78, 5) is 12.8. The average Bonchev–Trinajstić information content (AvgIpc) is 3.60. The van der Waals surface area contributed by atoms with E-state index in [0.717, 1.165) is 63.1 Å². The minimum absolute atomic E-state index is 0.248. The molecule has 1 unspecified atom stereocenters. The molecule has 2 aliphatic rings. The van der Waals surface area contributed by atoms with Crippen molar-refractivity contribution in [3.8, 4) is 22.3 Å². The molecule has 0 amide bonds. The number of aliphatic imine (C=N–C) groups is 2. The smallest absolute Gasteiger partial charge is 0.159 e. The number of benzene rings is 7. The van der Waals surface area contributed by atoms with Crippen LogP contribution in [0, 0.1) is 0 Å². The summed E-state index contributed by atoms with van der Waals surface area (Å²) in [7, 11) is 2.12. The number of furan rings is 1. The third kappa shape index (κ3) is 5.23. The van der Waals surface area contributed by atoms with Crippen LogP contribution in [0.4, 0.5) is 0 Å². The van der Waals surface area contributed by atoms with E-state index in [-0.39, 0.29) is 6.17 Å². The second-order valence-electron chi connectivity index (χ2n) is 13.8. The fourth-order valence-corrected chi connectivity index (χ4v) is 7.85. The van der Waals surface area contributed by atoms with Gasteiger partial charge >= 0.3 is 0 Å². The zero-order valence-electron chi connectivity index (χ0n) is 28.8. The van der Waals surface area contributed by atoms with Crippen LogP contribution in [0.15, 0.2) is 172 Å². The Hall–Kier alpha value is -6.52. The first-order valence-corrected chi connectivity index (χ1v) is 18.0. The molecular formula is C48H35N3O. The van der Waals surface area contributed by atoms with Gasteiger partial charge in [-0.15, -0.1) is 0 Å². The molecule has 7 aromatic carbocycles. The number of rotatable bonds is 5. The molecule has 248 valence electrons. The zero-order valence-corrected chi connectivity index (χ0v) is 28.8. The maximum atomic E-state index is 6.20. The first kappa shape index (κ1) is 30.3. The lowest BCUT2D eigenvalue weighted by atomic mass is 9.94. The van der Waals surface area contributed by atoms with E-state index in [4.69, 9.17) is 14.4 Å². The van der Waals surface area contributed by atoms with Crippen LogP contribution in [0.3, 0.4) is 0 Å². The van der Waals surface area contributed by atoms with Gasteiger partial charge in [0, 0.05) is 28.9 Å². The summed E-state index contributed by atoms with van der Waals surface area (Å²) in [6.45, 7) is 0. The van der Waals surface area contributed by atoms with Gasteiger partial charge in [-0.25, -0.2) is 9.98 Å². The van der Waals surface area contributed by atoms with Crippen molar-refractivity contribution in [3.63, 3.8) is 0 Å². The van der Waals surface area contributed by atoms with E-state index in [0.29, 0.717) is 0 Å². The van der Waals surface area contributed by atoms with Crippen LogP contribution in [-0.2, 0) is 6.42 Å².